The Balaban J connectivity index is 1.19. The summed E-state index contributed by atoms with van der Waals surface area (Å²) >= 11 is 0. The van der Waals surface area contributed by atoms with Gasteiger partial charge in [-0.1, -0.05) is 0 Å². The van der Waals surface area contributed by atoms with Crippen LogP contribution in [-0.2, 0) is 19.6 Å². The van der Waals surface area contributed by atoms with Crippen molar-refractivity contribution in [1.29, 1.82) is 0 Å². The molecule has 0 amide bonds. The van der Waals surface area contributed by atoms with Crippen molar-refractivity contribution in [3.8, 4) is 5.75 Å². The SMILES string of the molecule is COc1ccc(NS(=O)(=O)c2ccc(C(=O)OCC(=O)C34CC5CC(CC(C5)C3)C4)cc2)cc1. The van der Waals surface area contributed by atoms with E-state index < -0.39 is 16.0 Å². The number of ketones is 1. The number of ether oxygens (including phenoxy) is 2. The number of benzene rings is 2. The highest BCUT2D eigenvalue weighted by molar-refractivity contribution is 7.92. The van der Waals surface area contributed by atoms with E-state index in [2.05, 4.69) is 4.72 Å². The fraction of sp³-hybridized carbons (Fsp3) is 0.462. The highest BCUT2D eigenvalue weighted by Crippen LogP contribution is 2.60. The lowest BCUT2D eigenvalue weighted by Crippen LogP contribution is -2.51. The van der Waals surface area contributed by atoms with Gasteiger partial charge >= 0.3 is 5.97 Å². The summed E-state index contributed by atoms with van der Waals surface area (Å²) < 4.78 is 38.2. The highest BCUT2D eigenvalue weighted by atomic mass is 32.2. The van der Waals surface area contributed by atoms with Crippen LogP contribution in [0.5, 0.6) is 5.75 Å². The van der Waals surface area contributed by atoms with Gasteiger partial charge in [-0.15, -0.1) is 0 Å². The maximum absolute atomic E-state index is 13.1. The molecule has 4 aliphatic rings. The van der Waals surface area contributed by atoms with Gasteiger partial charge in [0.25, 0.3) is 10.0 Å². The molecule has 4 saturated carbocycles. The van der Waals surface area contributed by atoms with Crippen LogP contribution in [-0.4, -0.2) is 33.9 Å². The van der Waals surface area contributed by atoms with Crippen LogP contribution in [0.4, 0.5) is 5.69 Å². The van der Waals surface area contributed by atoms with E-state index in [1.54, 1.807) is 24.3 Å². The maximum atomic E-state index is 13.1. The van der Waals surface area contributed by atoms with E-state index >= 15 is 0 Å². The third kappa shape index (κ3) is 4.43. The molecule has 7 nitrogen and oxygen atoms in total. The zero-order chi connectivity index (χ0) is 23.9. The summed E-state index contributed by atoms with van der Waals surface area (Å²) in [5.41, 5.74) is 0.300. The van der Waals surface area contributed by atoms with Crippen molar-refractivity contribution in [1.82, 2.24) is 0 Å². The van der Waals surface area contributed by atoms with Crippen molar-refractivity contribution in [2.75, 3.05) is 18.4 Å². The first kappa shape index (κ1) is 22.9. The van der Waals surface area contributed by atoms with Crippen molar-refractivity contribution in [2.45, 2.75) is 43.4 Å². The summed E-state index contributed by atoms with van der Waals surface area (Å²) in [6.45, 7) is -0.218. The number of sulfonamides is 1. The summed E-state index contributed by atoms with van der Waals surface area (Å²) in [4.78, 5) is 25.6. The third-order valence-electron chi connectivity index (χ3n) is 7.71. The molecule has 4 bridgehead atoms. The van der Waals surface area contributed by atoms with Gasteiger partial charge in [-0.3, -0.25) is 9.52 Å². The Morgan fingerprint density at radius 1 is 0.912 bits per heavy atom. The summed E-state index contributed by atoms with van der Waals surface area (Å²) in [6.07, 6.45) is 6.54. The molecule has 34 heavy (non-hydrogen) atoms. The molecule has 0 radical (unpaired) electrons. The fourth-order valence-electron chi connectivity index (χ4n) is 6.46. The van der Waals surface area contributed by atoms with Gasteiger partial charge in [-0.2, -0.15) is 0 Å². The molecule has 8 heteroatoms. The molecule has 4 fully saturated rings. The lowest BCUT2D eigenvalue weighted by atomic mass is 9.48. The van der Waals surface area contributed by atoms with Crippen LogP contribution in [0.3, 0.4) is 0 Å². The third-order valence-corrected chi connectivity index (χ3v) is 9.10. The van der Waals surface area contributed by atoms with Gasteiger partial charge in [0.1, 0.15) is 5.75 Å². The zero-order valence-corrected chi connectivity index (χ0v) is 20.0. The number of rotatable bonds is 8. The first-order chi connectivity index (χ1) is 16.3. The molecule has 0 spiro atoms. The quantitative estimate of drug-likeness (QED) is 0.558. The average molecular weight is 484 g/mol. The Hall–Kier alpha value is -2.87. The smallest absolute Gasteiger partial charge is 0.338 e. The molecule has 0 saturated heterocycles. The van der Waals surface area contributed by atoms with Crippen LogP contribution in [0.1, 0.15) is 48.9 Å². The normalized spacial score (nSPS) is 27.3. The minimum Gasteiger partial charge on any atom is -0.497 e. The maximum Gasteiger partial charge on any atom is 0.338 e. The summed E-state index contributed by atoms with van der Waals surface area (Å²) in [5, 5.41) is 0. The van der Waals surface area contributed by atoms with Gasteiger partial charge in [0, 0.05) is 11.1 Å². The van der Waals surface area contributed by atoms with E-state index in [9.17, 15) is 18.0 Å². The van der Waals surface area contributed by atoms with Gasteiger partial charge in [0.05, 0.1) is 17.6 Å². The molecule has 6 rings (SSSR count). The van der Waals surface area contributed by atoms with Gasteiger partial charge in [0.15, 0.2) is 12.4 Å². The number of Topliss-reactive ketones (excluding diaryl/α,β-unsaturated/α-hetero) is 1. The molecule has 4 aliphatic carbocycles. The molecule has 2 aromatic carbocycles. The Labute approximate surface area is 199 Å². The lowest BCUT2D eigenvalue weighted by molar-refractivity contribution is -0.147. The van der Waals surface area contributed by atoms with Crippen LogP contribution in [0, 0.1) is 23.2 Å². The predicted octanol–water partition coefficient (Wildman–Crippen LogP) is 4.44. The first-order valence-corrected chi connectivity index (χ1v) is 13.2. The van der Waals surface area contributed by atoms with E-state index in [1.165, 1.54) is 50.6 Å². The number of hydrogen-bond donors (Lipinski definition) is 1. The Bertz CT molecular complexity index is 1150. The average Bonchev–Trinajstić information content (AvgIpc) is 2.82. The van der Waals surface area contributed by atoms with Gasteiger partial charge in [-0.05, 0) is 105 Å². The molecule has 0 atom stereocenters. The van der Waals surface area contributed by atoms with E-state index in [0.29, 0.717) is 29.2 Å². The molecule has 180 valence electrons. The number of carbonyl (C=O) groups excluding carboxylic acids is 2. The number of esters is 1. The molecule has 2 aromatic rings. The number of carbonyl (C=O) groups is 2. The molecular formula is C26H29NO6S. The highest BCUT2D eigenvalue weighted by Gasteiger charge is 2.54. The van der Waals surface area contributed by atoms with Crippen molar-refractivity contribution < 1.29 is 27.5 Å². The van der Waals surface area contributed by atoms with Crippen molar-refractivity contribution in [3.63, 3.8) is 0 Å². The molecule has 1 N–H and O–H groups in total. The number of anilines is 1. The minimum atomic E-state index is -3.82. The van der Waals surface area contributed by atoms with E-state index in [4.69, 9.17) is 9.47 Å². The van der Waals surface area contributed by atoms with Crippen molar-refractivity contribution >= 4 is 27.5 Å². The van der Waals surface area contributed by atoms with E-state index in [1.807, 2.05) is 0 Å². The van der Waals surface area contributed by atoms with Crippen LogP contribution in [0.15, 0.2) is 53.4 Å². The largest absolute Gasteiger partial charge is 0.497 e. The first-order valence-electron chi connectivity index (χ1n) is 11.7. The molecule has 0 heterocycles. The summed E-state index contributed by atoms with van der Waals surface area (Å²) in [5.74, 6) is 1.98. The number of nitrogens with one attached hydrogen (secondary N) is 1. The Morgan fingerprint density at radius 2 is 1.47 bits per heavy atom. The molecular weight excluding hydrogens is 454 g/mol. The van der Waals surface area contributed by atoms with Crippen molar-refractivity contribution in [3.05, 3.63) is 54.1 Å². The minimum absolute atomic E-state index is 0.0181. The fourth-order valence-corrected chi connectivity index (χ4v) is 7.52. The van der Waals surface area contributed by atoms with Crippen LogP contribution < -0.4 is 9.46 Å². The van der Waals surface area contributed by atoms with Crippen molar-refractivity contribution in [2.24, 2.45) is 23.2 Å². The molecule has 0 aromatic heterocycles. The van der Waals surface area contributed by atoms with Crippen LogP contribution in [0.25, 0.3) is 0 Å². The second-order valence-electron chi connectivity index (χ2n) is 10.1. The topological polar surface area (TPSA) is 98.8 Å². The van der Waals surface area contributed by atoms with E-state index in [-0.39, 0.29) is 28.3 Å². The second-order valence-corrected chi connectivity index (χ2v) is 11.7. The number of methoxy groups -OCH3 is 1. The zero-order valence-electron chi connectivity index (χ0n) is 19.2. The van der Waals surface area contributed by atoms with Gasteiger partial charge < -0.3 is 9.47 Å². The van der Waals surface area contributed by atoms with Crippen LogP contribution >= 0.6 is 0 Å². The van der Waals surface area contributed by atoms with Gasteiger partial charge in [-0.25, -0.2) is 13.2 Å². The Morgan fingerprint density at radius 3 is 2.00 bits per heavy atom. The molecule has 0 aliphatic heterocycles. The van der Waals surface area contributed by atoms with E-state index in [0.717, 1.165) is 19.3 Å². The monoisotopic (exact) mass is 483 g/mol. The standard InChI is InChI=1S/C26H29NO6S/c1-32-22-6-4-21(5-7-22)27-34(30,31)23-8-2-20(3-9-23)25(29)33-16-24(28)26-13-17-10-18(14-26)12-19(11-17)15-26/h2-9,17-19,27H,10-16H2,1H3. The second kappa shape index (κ2) is 8.73. The lowest BCUT2D eigenvalue weighted by Gasteiger charge is -2.55. The Kier molecular flexibility index (Phi) is 5.88. The molecule has 0 unspecified atom stereocenters. The summed E-state index contributed by atoms with van der Waals surface area (Å²) in [7, 11) is -2.29. The predicted molar refractivity (Wildman–Crippen MR) is 126 cm³/mol. The summed E-state index contributed by atoms with van der Waals surface area (Å²) in [6, 6.07) is 12.0. The van der Waals surface area contributed by atoms with Gasteiger partial charge in [0.2, 0.25) is 0 Å². The van der Waals surface area contributed by atoms with Crippen LogP contribution in [0.2, 0.25) is 0 Å². The number of hydrogen-bond acceptors (Lipinski definition) is 6.